The van der Waals surface area contributed by atoms with Crippen molar-refractivity contribution < 1.29 is 19.4 Å². The first-order valence-corrected chi connectivity index (χ1v) is 7.02. The molecule has 1 heterocycles. The lowest BCUT2D eigenvalue weighted by atomic mass is 9.75. The zero-order valence-corrected chi connectivity index (χ0v) is 12.4. The molecule has 2 rings (SSSR count). The van der Waals surface area contributed by atoms with Crippen molar-refractivity contribution in [3.63, 3.8) is 0 Å². The number of carbonyl (C=O) groups is 2. The second-order valence-electron chi connectivity index (χ2n) is 6.08. The van der Waals surface area contributed by atoms with Gasteiger partial charge in [-0.05, 0) is 12.0 Å². The number of aliphatic hydroxyl groups is 1. The Morgan fingerprint density at radius 3 is 2.71 bits per heavy atom. The van der Waals surface area contributed by atoms with Crippen molar-refractivity contribution in [1.82, 2.24) is 4.90 Å². The Balaban J connectivity index is 1.92. The van der Waals surface area contributed by atoms with Crippen LogP contribution in [0.15, 0.2) is 30.3 Å². The number of hydrogen-bond donors (Lipinski definition) is 1. The lowest BCUT2D eigenvalue weighted by molar-refractivity contribution is -0.129. The Morgan fingerprint density at radius 1 is 1.43 bits per heavy atom. The largest absolute Gasteiger partial charge is 0.445 e. The van der Waals surface area contributed by atoms with Crippen LogP contribution in [0.1, 0.15) is 25.8 Å². The molecule has 1 aromatic rings. The number of amides is 1. The fourth-order valence-electron chi connectivity index (χ4n) is 2.40. The Labute approximate surface area is 124 Å². The van der Waals surface area contributed by atoms with Crippen molar-refractivity contribution in [2.75, 3.05) is 13.1 Å². The summed E-state index contributed by atoms with van der Waals surface area (Å²) in [6.07, 6.45) is 0.654. The first-order chi connectivity index (χ1) is 9.88. The Bertz CT molecular complexity index is 514. The normalized spacial score (nSPS) is 22.1. The van der Waals surface area contributed by atoms with Crippen molar-refractivity contribution in [3.05, 3.63) is 35.9 Å². The molecule has 5 heteroatoms. The molecule has 21 heavy (non-hydrogen) atoms. The fourth-order valence-corrected chi connectivity index (χ4v) is 2.40. The second-order valence-corrected chi connectivity index (χ2v) is 6.08. The summed E-state index contributed by atoms with van der Waals surface area (Å²) in [5.74, 6) is 0. The smallest absolute Gasteiger partial charge is 0.410 e. The molecule has 0 radical (unpaired) electrons. The quantitative estimate of drug-likeness (QED) is 0.861. The van der Waals surface area contributed by atoms with Gasteiger partial charge in [0.05, 0.1) is 17.6 Å². The number of nitrogens with zero attached hydrogens (tertiary/aromatic N) is 1. The third-order valence-corrected chi connectivity index (χ3v) is 4.21. The van der Waals surface area contributed by atoms with E-state index in [0.29, 0.717) is 13.0 Å². The van der Waals surface area contributed by atoms with Gasteiger partial charge in [-0.1, -0.05) is 44.2 Å². The highest BCUT2D eigenvalue weighted by atomic mass is 16.6. The van der Waals surface area contributed by atoms with Crippen LogP contribution >= 0.6 is 0 Å². The number of likely N-dealkylation sites (tertiary alicyclic amines) is 1. The average Bonchev–Trinajstić information content (AvgIpc) is 2.90. The average molecular weight is 291 g/mol. The van der Waals surface area contributed by atoms with E-state index in [2.05, 4.69) is 0 Å². The minimum Gasteiger partial charge on any atom is -0.445 e. The Kier molecular flexibility index (Phi) is 4.32. The molecule has 1 fully saturated rings. The standard InChI is InChI=1S/C16H21NO4/c1-15(2,12-18)16(20)8-9-17(11-16)14(19)21-10-13-6-4-3-5-7-13/h3-7,12,20H,8-11H2,1-2H3. The zero-order valence-electron chi connectivity index (χ0n) is 12.4. The van der Waals surface area contributed by atoms with E-state index in [-0.39, 0.29) is 13.2 Å². The topological polar surface area (TPSA) is 66.8 Å². The summed E-state index contributed by atoms with van der Waals surface area (Å²) in [4.78, 5) is 24.6. The third kappa shape index (κ3) is 3.24. The minimum atomic E-state index is -1.19. The molecule has 1 aliphatic rings. The van der Waals surface area contributed by atoms with Gasteiger partial charge in [0.15, 0.2) is 0 Å². The van der Waals surface area contributed by atoms with Gasteiger partial charge in [-0.3, -0.25) is 0 Å². The van der Waals surface area contributed by atoms with E-state index in [1.54, 1.807) is 13.8 Å². The van der Waals surface area contributed by atoms with E-state index in [4.69, 9.17) is 4.74 Å². The number of hydrogen-bond acceptors (Lipinski definition) is 4. The second kappa shape index (κ2) is 5.85. The molecule has 5 nitrogen and oxygen atoms in total. The molecule has 1 atom stereocenters. The summed E-state index contributed by atoms with van der Waals surface area (Å²) in [7, 11) is 0. The highest BCUT2D eigenvalue weighted by molar-refractivity contribution is 5.69. The fraction of sp³-hybridized carbons (Fsp3) is 0.500. The number of rotatable bonds is 4. The molecule has 1 aromatic carbocycles. The summed E-state index contributed by atoms with van der Waals surface area (Å²) >= 11 is 0. The van der Waals surface area contributed by atoms with Crippen LogP contribution in [0, 0.1) is 5.41 Å². The van der Waals surface area contributed by atoms with E-state index in [9.17, 15) is 14.7 Å². The van der Waals surface area contributed by atoms with Crippen molar-refractivity contribution in [2.45, 2.75) is 32.5 Å². The van der Waals surface area contributed by atoms with Gasteiger partial charge < -0.3 is 19.5 Å². The molecule has 1 aliphatic heterocycles. The van der Waals surface area contributed by atoms with Crippen molar-refractivity contribution in [2.24, 2.45) is 5.41 Å². The van der Waals surface area contributed by atoms with Gasteiger partial charge in [-0.15, -0.1) is 0 Å². The summed E-state index contributed by atoms with van der Waals surface area (Å²) in [5, 5.41) is 10.5. The van der Waals surface area contributed by atoms with Gasteiger partial charge in [0.25, 0.3) is 0 Å². The van der Waals surface area contributed by atoms with Gasteiger partial charge in [-0.25, -0.2) is 4.79 Å². The van der Waals surface area contributed by atoms with Crippen LogP contribution in [0.25, 0.3) is 0 Å². The van der Waals surface area contributed by atoms with Crippen molar-refractivity contribution in [1.29, 1.82) is 0 Å². The summed E-state index contributed by atoms with van der Waals surface area (Å²) in [5.41, 5.74) is -1.17. The summed E-state index contributed by atoms with van der Waals surface area (Å²) in [6.45, 7) is 4.07. The monoisotopic (exact) mass is 291 g/mol. The molecule has 0 aliphatic carbocycles. The van der Waals surface area contributed by atoms with Gasteiger partial charge in [0.1, 0.15) is 12.9 Å². The predicted molar refractivity (Wildman–Crippen MR) is 77.6 cm³/mol. The number of β-amino-alcohol motifs (C(OH)–C–C–N with tert-alkyl or cyclic N) is 1. The molecular weight excluding hydrogens is 270 g/mol. The maximum Gasteiger partial charge on any atom is 0.410 e. The molecule has 0 bridgehead atoms. The van der Waals surface area contributed by atoms with Crippen molar-refractivity contribution in [3.8, 4) is 0 Å². The van der Waals surface area contributed by atoms with Crippen LogP contribution in [0.3, 0.4) is 0 Å². The van der Waals surface area contributed by atoms with E-state index in [0.717, 1.165) is 11.8 Å². The van der Waals surface area contributed by atoms with Crippen LogP contribution in [0.2, 0.25) is 0 Å². The molecule has 114 valence electrons. The van der Waals surface area contributed by atoms with Gasteiger partial charge in [0, 0.05) is 6.54 Å². The first-order valence-electron chi connectivity index (χ1n) is 7.02. The Hall–Kier alpha value is -1.88. The molecule has 1 N–H and O–H groups in total. The summed E-state index contributed by atoms with van der Waals surface area (Å²) < 4.78 is 5.24. The van der Waals surface area contributed by atoms with Crippen LogP contribution in [0.4, 0.5) is 4.79 Å². The lowest BCUT2D eigenvalue weighted by Gasteiger charge is -2.35. The minimum absolute atomic E-state index is 0.117. The third-order valence-electron chi connectivity index (χ3n) is 4.21. The van der Waals surface area contributed by atoms with E-state index in [1.165, 1.54) is 4.90 Å². The first kappa shape index (κ1) is 15.5. The van der Waals surface area contributed by atoms with Crippen LogP contribution < -0.4 is 0 Å². The molecule has 1 unspecified atom stereocenters. The Morgan fingerprint density at radius 2 is 2.10 bits per heavy atom. The molecule has 0 saturated carbocycles. The number of ether oxygens (including phenoxy) is 1. The number of aldehydes is 1. The summed E-state index contributed by atoms with van der Waals surface area (Å²) in [6, 6.07) is 9.41. The maximum atomic E-state index is 12.0. The van der Waals surface area contributed by atoms with Gasteiger partial charge >= 0.3 is 6.09 Å². The molecule has 0 spiro atoms. The van der Waals surface area contributed by atoms with Crippen LogP contribution in [-0.4, -0.2) is 41.1 Å². The predicted octanol–water partition coefficient (Wildman–Crippen LogP) is 1.99. The highest BCUT2D eigenvalue weighted by Crippen LogP contribution is 2.37. The number of benzene rings is 1. The van der Waals surface area contributed by atoms with E-state index < -0.39 is 17.1 Å². The lowest BCUT2D eigenvalue weighted by Crippen LogP contribution is -2.48. The SMILES string of the molecule is CC(C)(C=O)C1(O)CCN(C(=O)OCc2ccccc2)C1. The molecule has 0 aromatic heterocycles. The van der Waals surface area contributed by atoms with Gasteiger partial charge in [0.2, 0.25) is 0 Å². The number of carbonyl (C=O) groups excluding carboxylic acids is 2. The molecule has 1 saturated heterocycles. The van der Waals surface area contributed by atoms with Crippen LogP contribution in [0.5, 0.6) is 0 Å². The molecular formula is C16H21NO4. The van der Waals surface area contributed by atoms with Crippen LogP contribution in [-0.2, 0) is 16.1 Å². The zero-order chi connectivity index (χ0) is 15.5. The van der Waals surface area contributed by atoms with E-state index in [1.807, 2.05) is 30.3 Å². The molecule has 1 amide bonds. The maximum absolute atomic E-state index is 12.0. The highest BCUT2D eigenvalue weighted by Gasteiger charge is 2.49. The van der Waals surface area contributed by atoms with E-state index >= 15 is 0 Å². The van der Waals surface area contributed by atoms with Gasteiger partial charge in [-0.2, -0.15) is 0 Å². The van der Waals surface area contributed by atoms with Crippen molar-refractivity contribution >= 4 is 12.4 Å².